The second-order valence-electron chi connectivity index (χ2n) is 7.67. The van der Waals surface area contributed by atoms with Crippen LogP contribution < -0.4 is 5.56 Å². The minimum absolute atomic E-state index is 0.0953. The Kier molecular flexibility index (Phi) is 5.25. The first kappa shape index (κ1) is 19.9. The lowest BCUT2D eigenvalue weighted by Gasteiger charge is -2.35. The maximum absolute atomic E-state index is 12.8. The number of aryl methyl sites for hydroxylation is 3. The third-order valence-electron chi connectivity index (χ3n) is 5.66. The molecule has 0 bridgehead atoms. The van der Waals surface area contributed by atoms with E-state index in [1.54, 1.807) is 23.1 Å². The second-order valence-corrected chi connectivity index (χ2v) is 11.2. The van der Waals surface area contributed by atoms with E-state index in [0.717, 1.165) is 26.7 Å². The number of thioether (sulfide) groups is 2. The zero-order chi connectivity index (χ0) is 20.8. The van der Waals surface area contributed by atoms with Gasteiger partial charge in [0.1, 0.15) is 4.83 Å². The van der Waals surface area contributed by atoms with Crippen molar-refractivity contribution in [2.45, 2.75) is 42.1 Å². The van der Waals surface area contributed by atoms with Crippen molar-refractivity contribution in [3.8, 4) is 0 Å². The maximum Gasteiger partial charge on any atom is 0.282 e. The van der Waals surface area contributed by atoms with Crippen molar-refractivity contribution < 1.29 is 0 Å². The molecule has 0 fully saturated rings. The molecule has 5 rings (SSSR count). The fourth-order valence-electron chi connectivity index (χ4n) is 3.98. The first-order valence-electron chi connectivity index (χ1n) is 9.96. The molecule has 2 aromatic carbocycles. The SMILES string of the molecule is Cc1ccc(S[C@@H]2CSc3nc(=O)c4c(C)c(C)sc4n3[C@H]2c2ccccc2)cc1. The van der Waals surface area contributed by atoms with Crippen LogP contribution in [0.4, 0.5) is 0 Å². The summed E-state index contributed by atoms with van der Waals surface area (Å²) in [5, 5.41) is 1.95. The van der Waals surface area contributed by atoms with Crippen LogP contribution >= 0.6 is 34.9 Å². The molecule has 0 spiro atoms. The Balaban J connectivity index is 1.70. The average molecular weight is 451 g/mol. The molecule has 0 saturated carbocycles. The Hall–Kier alpha value is -2.02. The van der Waals surface area contributed by atoms with Crippen molar-refractivity contribution in [1.82, 2.24) is 9.55 Å². The topological polar surface area (TPSA) is 34.9 Å². The van der Waals surface area contributed by atoms with Crippen molar-refractivity contribution >= 4 is 45.1 Å². The first-order valence-corrected chi connectivity index (χ1v) is 12.6. The van der Waals surface area contributed by atoms with Crippen LogP contribution in [0.25, 0.3) is 10.2 Å². The van der Waals surface area contributed by atoms with Gasteiger partial charge in [0.15, 0.2) is 5.16 Å². The standard InChI is InChI=1S/C24H22N2OS3/c1-14-9-11-18(12-10-14)30-19-13-28-24-25-22(27)20-15(2)16(3)29-23(20)26(24)21(19)17-7-5-4-6-8-17/h4-12,19,21H,13H2,1-3H3/t19-,21+/m1/s1. The van der Waals surface area contributed by atoms with Crippen LogP contribution in [-0.2, 0) is 0 Å². The van der Waals surface area contributed by atoms with E-state index in [2.05, 4.69) is 78.0 Å². The van der Waals surface area contributed by atoms with Crippen LogP contribution in [-0.4, -0.2) is 20.6 Å². The van der Waals surface area contributed by atoms with Gasteiger partial charge in [-0.2, -0.15) is 4.98 Å². The zero-order valence-corrected chi connectivity index (χ0v) is 19.5. The van der Waals surface area contributed by atoms with Gasteiger partial charge < -0.3 is 4.57 Å². The lowest BCUT2D eigenvalue weighted by Crippen LogP contribution is -2.32. The van der Waals surface area contributed by atoms with Crippen molar-refractivity contribution in [1.29, 1.82) is 0 Å². The lowest BCUT2D eigenvalue weighted by molar-refractivity contribution is 0.526. The molecule has 0 N–H and O–H groups in total. The lowest BCUT2D eigenvalue weighted by atomic mass is 10.0. The van der Waals surface area contributed by atoms with Gasteiger partial charge in [-0.05, 0) is 44.0 Å². The molecule has 0 unspecified atom stereocenters. The van der Waals surface area contributed by atoms with E-state index in [1.165, 1.54) is 20.9 Å². The number of hydrogen-bond donors (Lipinski definition) is 0. The van der Waals surface area contributed by atoms with E-state index in [4.69, 9.17) is 0 Å². The number of hydrogen-bond acceptors (Lipinski definition) is 5. The number of benzene rings is 2. The van der Waals surface area contributed by atoms with Gasteiger partial charge in [-0.1, -0.05) is 59.8 Å². The van der Waals surface area contributed by atoms with Gasteiger partial charge in [0.05, 0.1) is 11.4 Å². The Morgan fingerprint density at radius 1 is 1.03 bits per heavy atom. The zero-order valence-electron chi connectivity index (χ0n) is 17.1. The third-order valence-corrected chi connectivity index (χ3v) is 9.42. The van der Waals surface area contributed by atoms with Crippen molar-refractivity contribution in [2.75, 3.05) is 5.75 Å². The van der Waals surface area contributed by atoms with E-state index < -0.39 is 0 Å². The van der Waals surface area contributed by atoms with Gasteiger partial charge in [-0.25, -0.2) is 0 Å². The van der Waals surface area contributed by atoms with Crippen molar-refractivity contribution in [3.63, 3.8) is 0 Å². The largest absolute Gasteiger partial charge is 0.303 e. The summed E-state index contributed by atoms with van der Waals surface area (Å²) in [6.07, 6.45) is 0. The quantitative estimate of drug-likeness (QED) is 0.346. The fraction of sp³-hybridized carbons (Fsp3) is 0.250. The molecule has 0 aliphatic carbocycles. The Morgan fingerprint density at radius 2 is 1.77 bits per heavy atom. The maximum atomic E-state index is 12.8. The summed E-state index contributed by atoms with van der Waals surface area (Å²) in [6.45, 7) is 6.25. The van der Waals surface area contributed by atoms with E-state index in [9.17, 15) is 4.79 Å². The van der Waals surface area contributed by atoms with Crippen LogP contribution in [0.3, 0.4) is 0 Å². The van der Waals surface area contributed by atoms with Crippen LogP contribution in [0.2, 0.25) is 0 Å². The molecule has 152 valence electrons. The predicted octanol–water partition coefficient (Wildman–Crippen LogP) is 6.24. The number of aromatic nitrogens is 2. The number of rotatable bonds is 3. The molecular weight excluding hydrogens is 428 g/mol. The number of nitrogens with zero attached hydrogens (tertiary/aromatic N) is 2. The summed E-state index contributed by atoms with van der Waals surface area (Å²) in [6, 6.07) is 19.5. The highest BCUT2D eigenvalue weighted by Gasteiger charge is 2.34. The smallest absolute Gasteiger partial charge is 0.282 e. The summed E-state index contributed by atoms with van der Waals surface area (Å²) in [4.78, 5) is 20.8. The highest BCUT2D eigenvalue weighted by Crippen LogP contribution is 2.45. The van der Waals surface area contributed by atoms with Crippen LogP contribution in [0, 0.1) is 20.8 Å². The predicted molar refractivity (Wildman–Crippen MR) is 129 cm³/mol. The van der Waals surface area contributed by atoms with E-state index >= 15 is 0 Å². The molecule has 30 heavy (non-hydrogen) atoms. The van der Waals surface area contributed by atoms with Crippen molar-refractivity contribution in [2.24, 2.45) is 0 Å². The number of thiophene rings is 1. The summed E-state index contributed by atoms with van der Waals surface area (Å²) in [5.74, 6) is 0.916. The van der Waals surface area contributed by atoms with Crippen LogP contribution in [0.5, 0.6) is 0 Å². The molecule has 2 aromatic heterocycles. The molecule has 3 nitrogen and oxygen atoms in total. The monoisotopic (exact) mass is 450 g/mol. The molecule has 0 radical (unpaired) electrons. The molecule has 1 aliphatic rings. The summed E-state index contributed by atoms with van der Waals surface area (Å²) in [7, 11) is 0. The minimum atomic E-state index is -0.0953. The second kappa shape index (κ2) is 7.91. The molecule has 0 saturated heterocycles. The highest BCUT2D eigenvalue weighted by atomic mass is 32.2. The normalized spacial score (nSPS) is 18.5. The highest BCUT2D eigenvalue weighted by molar-refractivity contribution is 8.03. The molecule has 3 heterocycles. The Labute approximate surface area is 188 Å². The van der Waals surface area contributed by atoms with Gasteiger partial charge in [0, 0.05) is 20.8 Å². The van der Waals surface area contributed by atoms with Gasteiger partial charge in [0.2, 0.25) is 0 Å². The minimum Gasteiger partial charge on any atom is -0.303 e. The molecule has 4 aromatic rings. The summed E-state index contributed by atoms with van der Waals surface area (Å²) in [5.41, 5.74) is 3.50. The Bertz CT molecular complexity index is 1280. The van der Waals surface area contributed by atoms with Crippen LogP contribution in [0.15, 0.2) is 69.4 Å². The van der Waals surface area contributed by atoms with Crippen molar-refractivity contribution in [3.05, 3.63) is 86.5 Å². The molecular formula is C24H22N2OS3. The first-order chi connectivity index (χ1) is 14.5. The van der Waals surface area contributed by atoms with Gasteiger partial charge in [-0.3, -0.25) is 4.79 Å². The third kappa shape index (κ3) is 3.41. The van der Waals surface area contributed by atoms with E-state index in [-0.39, 0.29) is 11.6 Å². The average Bonchev–Trinajstić information content (AvgIpc) is 3.05. The molecule has 2 atom stereocenters. The van der Waals surface area contributed by atoms with Gasteiger partial charge in [0.25, 0.3) is 5.56 Å². The molecule has 6 heteroatoms. The van der Waals surface area contributed by atoms with E-state index in [1.807, 2.05) is 18.7 Å². The van der Waals surface area contributed by atoms with Gasteiger partial charge >= 0.3 is 0 Å². The van der Waals surface area contributed by atoms with E-state index in [0.29, 0.717) is 5.25 Å². The summed E-state index contributed by atoms with van der Waals surface area (Å²) < 4.78 is 2.33. The molecule has 0 amide bonds. The van der Waals surface area contributed by atoms with Gasteiger partial charge in [-0.15, -0.1) is 23.1 Å². The summed E-state index contributed by atoms with van der Waals surface area (Å²) >= 11 is 5.34. The van der Waals surface area contributed by atoms with Crippen LogP contribution in [0.1, 0.15) is 27.6 Å². The molecule has 1 aliphatic heterocycles. The Morgan fingerprint density at radius 3 is 2.50 bits per heavy atom. The fourth-order valence-corrected chi connectivity index (χ4v) is 7.74. The number of fused-ring (bicyclic) bond motifs is 3.